The van der Waals surface area contributed by atoms with E-state index in [1.807, 2.05) is 32.9 Å². The fourth-order valence-corrected chi connectivity index (χ4v) is 1.35. The van der Waals surface area contributed by atoms with E-state index in [1.54, 1.807) is 12.2 Å². The highest BCUT2D eigenvalue weighted by Crippen LogP contribution is 2.25. The van der Waals surface area contributed by atoms with Crippen LogP contribution in [0.5, 0.6) is 0 Å². The fourth-order valence-electron chi connectivity index (χ4n) is 1.10. The summed E-state index contributed by atoms with van der Waals surface area (Å²) in [6.07, 6.45) is 3.54. The molecule has 0 aliphatic heterocycles. The Bertz CT molecular complexity index is 324. The van der Waals surface area contributed by atoms with E-state index in [0.717, 1.165) is 21.7 Å². The summed E-state index contributed by atoms with van der Waals surface area (Å²) in [7, 11) is 0. The number of rotatable bonds is 2. The van der Waals surface area contributed by atoms with Crippen molar-refractivity contribution in [2.24, 2.45) is 0 Å². The van der Waals surface area contributed by atoms with Crippen molar-refractivity contribution in [2.75, 3.05) is 0 Å². The molecule has 14 heavy (non-hydrogen) atoms. The van der Waals surface area contributed by atoms with Crippen LogP contribution in [0.25, 0.3) is 12.2 Å². The normalized spacial score (nSPS) is 8.57. The molecule has 0 bridgehead atoms. The molecule has 0 unspecified atom stereocenters. The van der Waals surface area contributed by atoms with E-state index in [-0.39, 0.29) is 0 Å². The topological polar surface area (TPSA) is 0 Å². The smallest absolute Gasteiger partial charge is 0.0513 e. The summed E-state index contributed by atoms with van der Waals surface area (Å²) >= 11 is 6.06. The van der Waals surface area contributed by atoms with E-state index < -0.39 is 0 Å². The first kappa shape index (κ1) is 13.0. The molecule has 0 nitrogen and oxygen atoms in total. The van der Waals surface area contributed by atoms with Gasteiger partial charge in [0.25, 0.3) is 0 Å². The summed E-state index contributed by atoms with van der Waals surface area (Å²) in [4.78, 5) is 0. The maximum Gasteiger partial charge on any atom is 0.0513 e. The molecule has 1 aromatic rings. The second-order valence-corrected chi connectivity index (χ2v) is 2.99. The molecule has 0 radical (unpaired) electrons. The van der Waals surface area contributed by atoms with Gasteiger partial charge in [-0.05, 0) is 23.6 Å². The van der Waals surface area contributed by atoms with Crippen LogP contribution in [-0.4, -0.2) is 0 Å². The number of hydrogen-bond acceptors (Lipinski definition) is 0. The molecule has 0 atom stereocenters. The van der Waals surface area contributed by atoms with Crippen molar-refractivity contribution in [3.63, 3.8) is 0 Å². The van der Waals surface area contributed by atoms with Crippen molar-refractivity contribution < 1.29 is 0 Å². The minimum atomic E-state index is 0.766. The van der Waals surface area contributed by atoms with E-state index >= 15 is 0 Å². The van der Waals surface area contributed by atoms with Gasteiger partial charge in [-0.2, -0.15) is 0 Å². The Morgan fingerprint density at radius 2 is 1.71 bits per heavy atom. The van der Waals surface area contributed by atoms with Crippen LogP contribution in [0.15, 0.2) is 25.3 Å². The molecule has 0 aromatic heterocycles. The van der Waals surface area contributed by atoms with Gasteiger partial charge in [-0.1, -0.05) is 62.9 Å². The lowest BCUT2D eigenvalue weighted by Crippen LogP contribution is -1.85. The van der Waals surface area contributed by atoms with Gasteiger partial charge in [-0.3, -0.25) is 0 Å². The van der Waals surface area contributed by atoms with E-state index in [4.69, 9.17) is 11.6 Å². The lowest BCUT2D eigenvalue weighted by Gasteiger charge is -2.05. The van der Waals surface area contributed by atoms with Gasteiger partial charge < -0.3 is 0 Å². The van der Waals surface area contributed by atoms with Crippen molar-refractivity contribution in [1.29, 1.82) is 0 Å². The highest BCUT2D eigenvalue weighted by Gasteiger charge is 2.03. The molecule has 1 aromatic carbocycles. The maximum atomic E-state index is 6.06. The summed E-state index contributed by atoms with van der Waals surface area (Å²) in [6.45, 7) is 13.4. The molecule has 0 fully saturated rings. The molecule has 0 saturated heterocycles. The molecule has 1 heteroatoms. The minimum Gasteiger partial charge on any atom is -0.0984 e. The maximum absolute atomic E-state index is 6.06. The zero-order valence-corrected chi connectivity index (χ0v) is 9.86. The molecule has 0 spiro atoms. The van der Waals surface area contributed by atoms with E-state index in [2.05, 4.69) is 13.2 Å². The van der Waals surface area contributed by atoms with Crippen LogP contribution in [0.3, 0.4) is 0 Å². The van der Waals surface area contributed by atoms with Crippen molar-refractivity contribution in [3.05, 3.63) is 47.0 Å². The quantitative estimate of drug-likeness (QED) is 0.645. The Morgan fingerprint density at radius 3 is 2.14 bits per heavy atom. The molecule has 1 rings (SSSR count). The lowest BCUT2D eigenvalue weighted by molar-refractivity contribution is 1.44. The van der Waals surface area contributed by atoms with Crippen LogP contribution in [0, 0.1) is 6.92 Å². The summed E-state index contributed by atoms with van der Waals surface area (Å²) in [6, 6.07) is 3.97. The molecular weight excluding hydrogens is 192 g/mol. The van der Waals surface area contributed by atoms with Gasteiger partial charge >= 0.3 is 0 Å². The number of aryl methyl sites for hydroxylation is 1. The third kappa shape index (κ3) is 2.74. The van der Waals surface area contributed by atoms with Crippen LogP contribution in [0.1, 0.15) is 30.5 Å². The zero-order chi connectivity index (χ0) is 11.1. The Balaban J connectivity index is 0.000000791. The Hall–Kier alpha value is -1.01. The molecule has 0 heterocycles. The third-order valence-corrected chi connectivity index (χ3v) is 2.33. The summed E-state index contributed by atoms with van der Waals surface area (Å²) < 4.78 is 0. The molecule has 0 N–H and O–H groups in total. The van der Waals surface area contributed by atoms with E-state index in [1.165, 1.54) is 0 Å². The minimum absolute atomic E-state index is 0.766. The predicted octanol–water partition coefficient (Wildman–Crippen LogP) is 4.96. The van der Waals surface area contributed by atoms with Crippen LogP contribution >= 0.6 is 11.6 Å². The molecule has 0 aliphatic rings. The van der Waals surface area contributed by atoms with Gasteiger partial charge in [0.05, 0.1) is 5.02 Å². The fraction of sp³-hybridized carbons (Fsp3) is 0.231. The van der Waals surface area contributed by atoms with Gasteiger partial charge in [-0.25, -0.2) is 0 Å². The molecular formula is C13H17Cl. The molecule has 76 valence electrons. The van der Waals surface area contributed by atoms with Gasteiger partial charge in [0.15, 0.2) is 0 Å². The molecule has 0 aliphatic carbocycles. The second kappa shape index (κ2) is 6.44. The SMILES string of the molecule is C=Cc1ccc(C)c(Cl)c1C=C.CC. The third-order valence-electron chi connectivity index (χ3n) is 1.83. The summed E-state index contributed by atoms with van der Waals surface area (Å²) in [5.74, 6) is 0. The highest BCUT2D eigenvalue weighted by atomic mass is 35.5. The van der Waals surface area contributed by atoms with Crippen molar-refractivity contribution in [1.82, 2.24) is 0 Å². The predicted molar refractivity (Wildman–Crippen MR) is 67.7 cm³/mol. The van der Waals surface area contributed by atoms with E-state index in [9.17, 15) is 0 Å². The van der Waals surface area contributed by atoms with Crippen molar-refractivity contribution >= 4 is 23.8 Å². The van der Waals surface area contributed by atoms with Crippen molar-refractivity contribution in [3.8, 4) is 0 Å². The number of halogens is 1. The Labute approximate surface area is 91.9 Å². The first-order valence-electron chi connectivity index (χ1n) is 4.74. The van der Waals surface area contributed by atoms with Gasteiger partial charge in [0.1, 0.15) is 0 Å². The Morgan fingerprint density at radius 1 is 1.14 bits per heavy atom. The Kier molecular flexibility index (Phi) is 5.98. The van der Waals surface area contributed by atoms with Crippen LogP contribution in [0.2, 0.25) is 5.02 Å². The van der Waals surface area contributed by atoms with Crippen LogP contribution in [0.4, 0.5) is 0 Å². The molecule has 0 saturated carbocycles. The summed E-state index contributed by atoms with van der Waals surface area (Å²) in [5, 5.41) is 0.766. The first-order chi connectivity index (χ1) is 6.70. The standard InChI is InChI=1S/C11H11Cl.C2H6/c1-4-9-7-6-8(3)11(12)10(9)5-2;1-2/h4-7H,1-2H2,3H3;1-2H3. The lowest BCUT2D eigenvalue weighted by atomic mass is 10.0. The first-order valence-corrected chi connectivity index (χ1v) is 5.12. The van der Waals surface area contributed by atoms with Crippen LogP contribution in [-0.2, 0) is 0 Å². The van der Waals surface area contributed by atoms with Gasteiger partial charge in [-0.15, -0.1) is 0 Å². The summed E-state index contributed by atoms with van der Waals surface area (Å²) in [5.41, 5.74) is 3.06. The monoisotopic (exact) mass is 208 g/mol. The van der Waals surface area contributed by atoms with Crippen molar-refractivity contribution in [2.45, 2.75) is 20.8 Å². The average Bonchev–Trinajstić information content (AvgIpc) is 2.24. The highest BCUT2D eigenvalue weighted by molar-refractivity contribution is 6.33. The van der Waals surface area contributed by atoms with Gasteiger partial charge in [0.2, 0.25) is 0 Å². The number of benzene rings is 1. The van der Waals surface area contributed by atoms with Gasteiger partial charge in [0, 0.05) is 0 Å². The zero-order valence-electron chi connectivity index (χ0n) is 9.10. The van der Waals surface area contributed by atoms with Crippen LogP contribution < -0.4 is 0 Å². The largest absolute Gasteiger partial charge is 0.0984 e. The molecule has 0 amide bonds. The van der Waals surface area contributed by atoms with E-state index in [0.29, 0.717) is 0 Å². The average molecular weight is 209 g/mol. The number of hydrogen-bond donors (Lipinski definition) is 0. The second-order valence-electron chi connectivity index (χ2n) is 2.61.